The molecule has 2 aliphatic rings. The van der Waals surface area contributed by atoms with Crippen LogP contribution < -0.4 is 0 Å². The van der Waals surface area contributed by atoms with Crippen LogP contribution in [-0.4, -0.2) is 34.8 Å². The van der Waals surface area contributed by atoms with E-state index >= 15 is 0 Å². The zero-order valence-electron chi connectivity index (χ0n) is 14.2. The normalized spacial score (nSPS) is 22.0. The molecule has 0 spiro atoms. The van der Waals surface area contributed by atoms with E-state index in [9.17, 15) is 4.79 Å². The predicted octanol–water partition coefficient (Wildman–Crippen LogP) is 3.87. The fourth-order valence-corrected chi connectivity index (χ4v) is 4.20. The van der Waals surface area contributed by atoms with E-state index < -0.39 is 0 Å². The maximum atomic E-state index is 12.8. The van der Waals surface area contributed by atoms with Gasteiger partial charge in [-0.1, -0.05) is 48.5 Å². The zero-order chi connectivity index (χ0) is 16.5. The lowest BCUT2D eigenvalue weighted by Crippen LogP contribution is -2.45. The second-order valence-corrected chi connectivity index (χ2v) is 6.97. The van der Waals surface area contributed by atoms with Gasteiger partial charge in [-0.3, -0.25) is 9.69 Å². The van der Waals surface area contributed by atoms with Gasteiger partial charge in [0, 0.05) is 31.2 Å². The Morgan fingerprint density at radius 2 is 1.62 bits per heavy atom. The molecule has 1 amide bonds. The molecular formula is C21H24N2O. The first-order chi connectivity index (χ1) is 11.7. The molecule has 2 aliphatic heterocycles. The largest absolute Gasteiger partial charge is 0.329 e. The molecule has 0 aromatic heterocycles. The van der Waals surface area contributed by atoms with Crippen molar-refractivity contribution in [1.82, 2.24) is 9.80 Å². The zero-order valence-corrected chi connectivity index (χ0v) is 14.2. The smallest absolute Gasteiger partial charge is 0.254 e. The highest BCUT2D eigenvalue weighted by Gasteiger charge is 2.38. The Labute approximate surface area is 143 Å². The van der Waals surface area contributed by atoms with Crippen LogP contribution in [0.3, 0.4) is 0 Å². The second kappa shape index (κ2) is 6.40. The van der Waals surface area contributed by atoms with E-state index in [2.05, 4.69) is 53.1 Å². The Morgan fingerprint density at radius 1 is 0.958 bits per heavy atom. The van der Waals surface area contributed by atoms with Gasteiger partial charge in [0.2, 0.25) is 0 Å². The average molecular weight is 320 g/mol. The molecule has 0 aliphatic carbocycles. The van der Waals surface area contributed by atoms with Gasteiger partial charge in [0.25, 0.3) is 5.91 Å². The van der Waals surface area contributed by atoms with Crippen LogP contribution >= 0.6 is 0 Å². The van der Waals surface area contributed by atoms with E-state index in [-0.39, 0.29) is 11.9 Å². The molecule has 1 unspecified atom stereocenters. The Bertz CT molecular complexity index is 720. The molecule has 3 heteroatoms. The van der Waals surface area contributed by atoms with Crippen molar-refractivity contribution in [3.05, 3.63) is 71.3 Å². The van der Waals surface area contributed by atoms with Crippen LogP contribution in [0.5, 0.6) is 0 Å². The van der Waals surface area contributed by atoms with Crippen molar-refractivity contribution < 1.29 is 4.79 Å². The molecular weight excluding hydrogens is 296 g/mol. The average Bonchev–Trinajstić information content (AvgIpc) is 2.88. The summed E-state index contributed by atoms with van der Waals surface area (Å²) in [5.74, 6) is 0.222. The first kappa shape index (κ1) is 15.4. The van der Waals surface area contributed by atoms with Gasteiger partial charge >= 0.3 is 0 Å². The number of hydrogen-bond donors (Lipinski definition) is 0. The molecule has 1 fully saturated rings. The number of fused-ring (bicyclic) bond motifs is 1. The molecule has 2 aromatic carbocycles. The molecule has 0 saturated carbocycles. The Kier molecular flexibility index (Phi) is 4.11. The summed E-state index contributed by atoms with van der Waals surface area (Å²) in [6.45, 7) is 5.30. The maximum absolute atomic E-state index is 12.8. The van der Waals surface area contributed by atoms with Gasteiger partial charge in [-0.05, 0) is 37.0 Å². The SMILES string of the molecule is CC1c2ccccc2C(=O)N1C1CCN(Cc2ccccc2)CC1. The fraction of sp³-hybridized carbons (Fsp3) is 0.381. The van der Waals surface area contributed by atoms with E-state index in [1.807, 2.05) is 18.2 Å². The number of rotatable bonds is 3. The van der Waals surface area contributed by atoms with Crippen LogP contribution in [-0.2, 0) is 6.54 Å². The van der Waals surface area contributed by atoms with Crippen molar-refractivity contribution in [3.63, 3.8) is 0 Å². The number of amides is 1. The van der Waals surface area contributed by atoms with E-state index in [4.69, 9.17) is 0 Å². The first-order valence-electron chi connectivity index (χ1n) is 8.92. The van der Waals surface area contributed by atoms with E-state index in [0.29, 0.717) is 6.04 Å². The van der Waals surface area contributed by atoms with Gasteiger partial charge in [0.15, 0.2) is 0 Å². The first-order valence-corrected chi connectivity index (χ1v) is 8.92. The number of carbonyl (C=O) groups is 1. The molecule has 4 rings (SSSR count). The summed E-state index contributed by atoms with van der Waals surface area (Å²) in [7, 11) is 0. The van der Waals surface area contributed by atoms with E-state index in [0.717, 1.165) is 38.0 Å². The van der Waals surface area contributed by atoms with Crippen LogP contribution in [0.4, 0.5) is 0 Å². The summed E-state index contributed by atoms with van der Waals surface area (Å²) in [4.78, 5) is 17.4. The number of hydrogen-bond acceptors (Lipinski definition) is 2. The Balaban J connectivity index is 1.41. The third kappa shape index (κ3) is 2.73. The van der Waals surface area contributed by atoms with Crippen molar-refractivity contribution in [3.8, 4) is 0 Å². The molecule has 0 bridgehead atoms. The number of benzene rings is 2. The number of piperidine rings is 1. The Morgan fingerprint density at radius 3 is 2.33 bits per heavy atom. The molecule has 2 aromatic rings. The summed E-state index contributed by atoms with van der Waals surface area (Å²) in [5, 5.41) is 0. The van der Waals surface area contributed by atoms with Crippen molar-refractivity contribution in [1.29, 1.82) is 0 Å². The molecule has 1 atom stereocenters. The highest BCUT2D eigenvalue weighted by Crippen LogP contribution is 2.37. The van der Waals surface area contributed by atoms with Crippen LogP contribution in [0.15, 0.2) is 54.6 Å². The summed E-state index contributed by atoms with van der Waals surface area (Å²) < 4.78 is 0. The van der Waals surface area contributed by atoms with Crippen LogP contribution in [0.1, 0.15) is 47.3 Å². The second-order valence-electron chi connectivity index (χ2n) is 6.97. The minimum atomic E-state index is 0.208. The standard InChI is InChI=1S/C21H24N2O/c1-16-19-9-5-6-10-20(19)21(24)23(16)18-11-13-22(14-12-18)15-17-7-3-2-4-8-17/h2-10,16,18H,11-15H2,1H3. The number of nitrogens with zero attached hydrogens (tertiary/aromatic N) is 2. The van der Waals surface area contributed by atoms with Gasteiger partial charge in [0.1, 0.15) is 0 Å². The minimum Gasteiger partial charge on any atom is -0.329 e. The highest BCUT2D eigenvalue weighted by atomic mass is 16.2. The van der Waals surface area contributed by atoms with Crippen LogP contribution in [0.2, 0.25) is 0 Å². The molecule has 2 heterocycles. The summed E-state index contributed by atoms with van der Waals surface area (Å²) in [6, 6.07) is 19.3. The van der Waals surface area contributed by atoms with Gasteiger partial charge in [-0.2, -0.15) is 0 Å². The number of carbonyl (C=O) groups excluding carboxylic acids is 1. The fourth-order valence-electron chi connectivity index (χ4n) is 4.20. The Hall–Kier alpha value is -2.13. The lowest BCUT2D eigenvalue weighted by atomic mass is 10.0. The molecule has 3 nitrogen and oxygen atoms in total. The lowest BCUT2D eigenvalue weighted by molar-refractivity contribution is 0.0512. The van der Waals surface area contributed by atoms with Gasteiger partial charge < -0.3 is 4.90 Å². The topological polar surface area (TPSA) is 23.6 Å². The van der Waals surface area contributed by atoms with Crippen molar-refractivity contribution in [2.45, 2.75) is 38.4 Å². The van der Waals surface area contributed by atoms with Crippen LogP contribution in [0.25, 0.3) is 0 Å². The van der Waals surface area contributed by atoms with E-state index in [1.54, 1.807) is 0 Å². The highest BCUT2D eigenvalue weighted by molar-refractivity contribution is 5.99. The van der Waals surface area contributed by atoms with Crippen molar-refractivity contribution in [2.75, 3.05) is 13.1 Å². The third-order valence-corrected chi connectivity index (χ3v) is 5.49. The van der Waals surface area contributed by atoms with Gasteiger partial charge in [-0.25, -0.2) is 0 Å². The number of likely N-dealkylation sites (tertiary alicyclic amines) is 1. The van der Waals surface area contributed by atoms with E-state index in [1.165, 1.54) is 11.1 Å². The minimum absolute atomic E-state index is 0.208. The van der Waals surface area contributed by atoms with Crippen molar-refractivity contribution in [2.24, 2.45) is 0 Å². The molecule has 24 heavy (non-hydrogen) atoms. The third-order valence-electron chi connectivity index (χ3n) is 5.49. The maximum Gasteiger partial charge on any atom is 0.254 e. The lowest BCUT2D eigenvalue weighted by Gasteiger charge is -2.38. The summed E-state index contributed by atoms with van der Waals surface area (Å²) >= 11 is 0. The molecule has 0 radical (unpaired) electrons. The summed E-state index contributed by atoms with van der Waals surface area (Å²) in [6.07, 6.45) is 2.13. The summed E-state index contributed by atoms with van der Waals surface area (Å²) in [5.41, 5.74) is 3.46. The van der Waals surface area contributed by atoms with Crippen molar-refractivity contribution >= 4 is 5.91 Å². The van der Waals surface area contributed by atoms with Crippen LogP contribution in [0, 0.1) is 0 Å². The van der Waals surface area contributed by atoms with Gasteiger partial charge in [0.05, 0.1) is 6.04 Å². The predicted molar refractivity (Wildman–Crippen MR) is 95.8 cm³/mol. The van der Waals surface area contributed by atoms with Gasteiger partial charge in [-0.15, -0.1) is 0 Å². The molecule has 1 saturated heterocycles. The quantitative estimate of drug-likeness (QED) is 0.857. The molecule has 0 N–H and O–H groups in total. The monoisotopic (exact) mass is 320 g/mol. The molecule has 124 valence electrons.